The molecule has 1 aliphatic carbocycles. The highest BCUT2D eigenvalue weighted by Gasteiger charge is 2.52. The molecule has 1 aliphatic heterocycles. The van der Waals surface area contributed by atoms with Gasteiger partial charge in [0.05, 0.1) is 18.3 Å². The summed E-state index contributed by atoms with van der Waals surface area (Å²) in [7, 11) is 1.44. The van der Waals surface area contributed by atoms with E-state index >= 15 is 0 Å². The van der Waals surface area contributed by atoms with Crippen LogP contribution in [0, 0.1) is 23.6 Å². The predicted octanol–water partition coefficient (Wildman–Crippen LogP) is 2.65. The number of carbonyl (C=O) groups excluding carboxylic acids is 1. The van der Waals surface area contributed by atoms with Crippen LogP contribution in [0.3, 0.4) is 0 Å². The van der Waals surface area contributed by atoms with E-state index < -0.39 is 36.0 Å². The van der Waals surface area contributed by atoms with Gasteiger partial charge < -0.3 is 20.5 Å². The summed E-state index contributed by atoms with van der Waals surface area (Å²) < 4.78 is 39.2. The second kappa shape index (κ2) is 7.46. The Bertz CT molecular complexity index is 1130. The molecule has 3 atom stereocenters. The summed E-state index contributed by atoms with van der Waals surface area (Å²) >= 11 is 6.08. The number of pyridine rings is 1. The van der Waals surface area contributed by atoms with E-state index in [1.165, 1.54) is 31.5 Å². The molecule has 0 saturated carbocycles. The highest BCUT2D eigenvalue weighted by atomic mass is 35.5. The van der Waals surface area contributed by atoms with E-state index in [2.05, 4.69) is 27.1 Å². The van der Waals surface area contributed by atoms with Crippen LogP contribution in [-0.4, -0.2) is 36.8 Å². The molecule has 0 unspecified atom stereocenters. The number of hydrogen-bond donors (Lipinski definition) is 2. The number of nitrogens with zero attached hydrogens (tertiary/aromatic N) is 2. The first-order valence-corrected chi connectivity index (χ1v) is 9.15. The summed E-state index contributed by atoms with van der Waals surface area (Å²) in [5.41, 5.74) is 4.05. The number of halogens is 3. The quantitative estimate of drug-likeness (QED) is 0.708. The molecule has 0 bridgehead atoms. The Morgan fingerprint density at radius 3 is 2.87 bits per heavy atom. The first kappa shape index (κ1) is 19.9. The Labute approximate surface area is 175 Å². The second-order valence-corrected chi connectivity index (χ2v) is 7.07. The van der Waals surface area contributed by atoms with Crippen molar-refractivity contribution in [2.75, 3.05) is 19.1 Å². The van der Waals surface area contributed by atoms with Gasteiger partial charge in [-0.15, -0.1) is 0 Å². The predicted molar refractivity (Wildman–Crippen MR) is 106 cm³/mol. The van der Waals surface area contributed by atoms with Crippen molar-refractivity contribution in [1.82, 2.24) is 4.98 Å². The first-order valence-electron chi connectivity index (χ1n) is 8.78. The number of benzene rings is 1. The lowest BCUT2D eigenvalue weighted by Crippen LogP contribution is -2.52. The third kappa shape index (κ3) is 3.19. The fraction of sp³-hybridized carbons (Fsp3) is 0.250. The van der Waals surface area contributed by atoms with Gasteiger partial charge in [0.1, 0.15) is 35.4 Å². The van der Waals surface area contributed by atoms with Crippen LogP contribution in [0.1, 0.15) is 16.1 Å². The highest BCUT2D eigenvalue weighted by molar-refractivity contribution is 6.34. The van der Waals surface area contributed by atoms with Crippen LogP contribution in [0.5, 0.6) is 5.75 Å². The van der Waals surface area contributed by atoms with Gasteiger partial charge in [-0.05, 0) is 18.2 Å². The molecular formula is C20H15ClF2N4O3. The van der Waals surface area contributed by atoms with Crippen LogP contribution in [0.2, 0.25) is 5.02 Å². The minimum absolute atomic E-state index is 0.0539. The third-order valence-corrected chi connectivity index (χ3v) is 5.21. The van der Waals surface area contributed by atoms with Crippen LogP contribution in [0.15, 0.2) is 35.5 Å². The maximum atomic E-state index is 14.7. The average Bonchev–Trinajstić information content (AvgIpc) is 2.71. The lowest BCUT2D eigenvalue weighted by atomic mass is 9.72. The van der Waals surface area contributed by atoms with Crippen molar-refractivity contribution in [3.63, 3.8) is 0 Å². The van der Waals surface area contributed by atoms with Gasteiger partial charge in [-0.1, -0.05) is 23.4 Å². The van der Waals surface area contributed by atoms with Gasteiger partial charge in [0.15, 0.2) is 6.10 Å². The summed E-state index contributed by atoms with van der Waals surface area (Å²) in [6.45, 7) is -1.05. The van der Waals surface area contributed by atoms with Crippen molar-refractivity contribution in [2.45, 2.75) is 11.6 Å². The zero-order valence-electron chi connectivity index (χ0n) is 15.6. The van der Waals surface area contributed by atoms with Crippen molar-refractivity contribution in [1.29, 1.82) is 0 Å². The number of nitrogens with two attached hydrogens (primary N) is 1. The van der Waals surface area contributed by atoms with Crippen LogP contribution in [-0.2, 0) is 10.3 Å². The number of alkyl halides is 1. The molecular weight excluding hydrogens is 418 g/mol. The molecule has 1 aromatic heterocycles. The number of nitrogens with one attached hydrogen (secondary N) is 1. The molecule has 2 aliphatic rings. The summed E-state index contributed by atoms with van der Waals surface area (Å²) in [4.78, 5) is 20.6. The van der Waals surface area contributed by atoms with E-state index in [0.717, 1.165) is 6.07 Å². The Kier molecular flexibility index (Phi) is 4.95. The van der Waals surface area contributed by atoms with Gasteiger partial charge in [-0.25, -0.2) is 18.8 Å². The monoisotopic (exact) mass is 432 g/mol. The zero-order chi connectivity index (χ0) is 21.5. The van der Waals surface area contributed by atoms with E-state index in [0.29, 0.717) is 5.75 Å². The molecule has 154 valence electrons. The largest absolute Gasteiger partial charge is 0.495 e. The van der Waals surface area contributed by atoms with Gasteiger partial charge in [0.25, 0.3) is 11.9 Å². The second-order valence-electron chi connectivity index (χ2n) is 6.67. The number of aromatic nitrogens is 1. The number of amides is 1. The summed E-state index contributed by atoms with van der Waals surface area (Å²) in [6.07, 6.45) is 0.669. The van der Waals surface area contributed by atoms with E-state index in [-0.39, 0.29) is 28.0 Å². The maximum Gasteiger partial charge on any atom is 0.284 e. The third-order valence-electron chi connectivity index (χ3n) is 4.92. The molecule has 0 saturated heterocycles. The fourth-order valence-corrected chi connectivity index (χ4v) is 3.60. The standard InChI is InChI=1S/C20H15ClF2N4O3/c1-29-11-7-14(21)17(25-8-11)18(28)26-10-2-4-15(23)13(6-10)20(9-22)12-3-5-16(12)30-19(24)27-20/h2,4,6-8,12,16H,9H2,1H3,(H2,24,27)(H,26,28)/t12-,16+,20-/m0/s1. The molecule has 0 radical (unpaired) electrons. The smallest absolute Gasteiger partial charge is 0.284 e. The van der Waals surface area contributed by atoms with Crippen LogP contribution >= 0.6 is 11.6 Å². The van der Waals surface area contributed by atoms with Crippen molar-refractivity contribution >= 4 is 29.2 Å². The minimum Gasteiger partial charge on any atom is -0.495 e. The maximum absolute atomic E-state index is 14.7. The summed E-state index contributed by atoms with van der Waals surface area (Å²) in [5.74, 6) is 3.82. The Balaban J connectivity index is 1.68. The molecule has 0 spiro atoms. The van der Waals surface area contributed by atoms with E-state index in [4.69, 9.17) is 26.8 Å². The van der Waals surface area contributed by atoms with Crippen LogP contribution in [0.25, 0.3) is 0 Å². The SMILES string of the molecule is COc1cnc(C(=O)Nc2ccc(F)c([C@@]3(CF)N=C(N)O[C@@H]4C#C[C@@H]43)c2)c(Cl)c1. The van der Waals surface area contributed by atoms with E-state index in [1.54, 1.807) is 0 Å². The molecule has 0 fully saturated rings. The van der Waals surface area contributed by atoms with Crippen LogP contribution < -0.4 is 15.8 Å². The average molecular weight is 433 g/mol. The van der Waals surface area contributed by atoms with Gasteiger partial charge in [-0.3, -0.25) is 4.79 Å². The van der Waals surface area contributed by atoms with Crippen molar-refractivity contribution in [3.8, 4) is 17.6 Å². The summed E-state index contributed by atoms with van der Waals surface area (Å²) in [6, 6.07) is 4.89. The Morgan fingerprint density at radius 1 is 1.43 bits per heavy atom. The normalized spacial score (nSPS) is 23.7. The number of anilines is 1. The lowest BCUT2D eigenvalue weighted by molar-refractivity contribution is 0.0822. The topological polar surface area (TPSA) is 98.8 Å². The minimum atomic E-state index is -1.67. The Morgan fingerprint density at radius 2 is 2.23 bits per heavy atom. The molecule has 10 heteroatoms. The van der Waals surface area contributed by atoms with E-state index in [1.807, 2.05) is 0 Å². The molecule has 7 nitrogen and oxygen atoms in total. The van der Waals surface area contributed by atoms with Crippen molar-refractivity contribution in [3.05, 3.63) is 52.6 Å². The molecule has 30 heavy (non-hydrogen) atoms. The first-order chi connectivity index (χ1) is 14.4. The van der Waals surface area contributed by atoms with Gasteiger partial charge in [0, 0.05) is 17.3 Å². The molecule has 2 heterocycles. The van der Waals surface area contributed by atoms with Crippen molar-refractivity contribution < 1.29 is 23.0 Å². The molecule has 3 N–H and O–H groups in total. The zero-order valence-corrected chi connectivity index (χ0v) is 16.3. The van der Waals surface area contributed by atoms with E-state index in [9.17, 15) is 13.6 Å². The van der Waals surface area contributed by atoms with Gasteiger partial charge >= 0.3 is 0 Å². The molecule has 1 aromatic carbocycles. The molecule has 2 aromatic rings. The molecule has 4 rings (SSSR count). The van der Waals surface area contributed by atoms with Crippen molar-refractivity contribution in [2.24, 2.45) is 16.6 Å². The number of ether oxygens (including phenoxy) is 2. The number of rotatable bonds is 5. The van der Waals surface area contributed by atoms with Gasteiger partial charge in [0.2, 0.25) is 0 Å². The Hall–Kier alpha value is -3.38. The number of methoxy groups -OCH3 is 1. The number of amidine groups is 1. The number of fused-ring (bicyclic) bond motifs is 1. The number of hydrogen-bond acceptors (Lipinski definition) is 6. The highest BCUT2D eigenvalue weighted by Crippen LogP contribution is 2.44. The number of aliphatic imine (C=N–C) groups is 1. The van der Waals surface area contributed by atoms with Crippen LogP contribution in [0.4, 0.5) is 14.5 Å². The summed E-state index contributed by atoms with van der Waals surface area (Å²) in [5, 5.41) is 2.65. The fourth-order valence-electron chi connectivity index (χ4n) is 3.36. The lowest BCUT2D eigenvalue weighted by Gasteiger charge is -2.42. The van der Waals surface area contributed by atoms with Gasteiger partial charge in [-0.2, -0.15) is 0 Å². The molecule has 1 amide bonds. The number of carbonyl (C=O) groups is 1.